The Labute approximate surface area is 119 Å². The number of hydrogen-bond donors (Lipinski definition) is 2. The van der Waals surface area contributed by atoms with Gasteiger partial charge in [0.05, 0.1) is 0 Å². The van der Waals surface area contributed by atoms with Crippen LogP contribution in [0.4, 0.5) is 4.39 Å². The van der Waals surface area contributed by atoms with Gasteiger partial charge in [-0.1, -0.05) is 25.1 Å². The second-order valence-corrected chi connectivity index (χ2v) is 5.82. The highest BCUT2D eigenvalue weighted by molar-refractivity contribution is 5.78. The summed E-state index contributed by atoms with van der Waals surface area (Å²) in [5, 5.41) is 3.06. The molecule has 20 heavy (non-hydrogen) atoms. The van der Waals surface area contributed by atoms with Crippen LogP contribution < -0.4 is 11.1 Å². The molecule has 4 heteroatoms. The highest BCUT2D eigenvalue weighted by Crippen LogP contribution is 2.18. The van der Waals surface area contributed by atoms with Gasteiger partial charge in [0, 0.05) is 18.0 Å². The second kappa shape index (κ2) is 6.84. The maximum absolute atomic E-state index is 13.6. The first-order valence-electron chi connectivity index (χ1n) is 7.35. The van der Waals surface area contributed by atoms with E-state index >= 15 is 0 Å². The summed E-state index contributed by atoms with van der Waals surface area (Å²) in [5.41, 5.74) is 6.45. The molecule has 0 saturated heterocycles. The molecule has 1 fully saturated rings. The van der Waals surface area contributed by atoms with Crippen LogP contribution in [0.1, 0.15) is 38.2 Å². The zero-order valence-corrected chi connectivity index (χ0v) is 11.9. The molecule has 0 bridgehead atoms. The number of halogens is 1. The van der Waals surface area contributed by atoms with Gasteiger partial charge in [-0.3, -0.25) is 4.79 Å². The minimum atomic E-state index is -0.240. The van der Waals surface area contributed by atoms with Crippen LogP contribution in [0.15, 0.2) is 24.3 Å². The van der Waals surface area contributed by atoms with Crippen LogP contribution in [0, 0.1) is 11.7 Å². The highest BCUT2D eigenvalue weighted by Gasteiger charge is 2.22. The Hall–Kier alpha value is -1.42. The number of nitrogens with two attached hydrogens (primary N) is 1. The van der Waals surface area contributed by atoms with Crippen LogP contribution in [0.3, 0.4) is 0 Å². The Morgan fingerprint density at radius 3 is 2.65 bits per heavy atom. The van der Waals surface area contributed by atoms with Crippen LogP contribution >= 0.6 is 0 Å². The lowest BCUT2D eigenvalue weighted by molar-refractivity contribution is -0.125. The van der Waals surface area contributed by atoms with E-state index in [0.717, 1.165) is 25.7 Å². The maximum atomic E-state index is 13.6. The Bertz CT molecular complexity index is 456. The van der Waals surface area contributed by atoms with Crippen molar-refractivity contribution in [3.8, 4) is 0 Å². The van der Waals surface area contributed by atoms with Gasteiger partial charge in [0.1, 0.15) is 5.82 Å². The van der Waals surface area contributed by atoms with E-state index in [-0.39, 0.29) is 29.7 Å². The molecular formula is C16H23FN2O. The Morgan fingerprint density at radius 2 is 2.00 bits per heavy atom. The summed E-state index contributed by atoms with van der Waals surface area (Å²) in [6, 6.07) is 7.13. The fourth-order valence-electron chi connectivity index (χ4n) is 2.69. The van der Waals surface area contributed by atoms with E-state index in [0.29, 0.717) is 12.0 Å². The van der Waals surface area contributed by atoms with E-state index in [1.54, 1.807) is 18.2 Å². The first-order chi connectivity index (χ1) is 9.56. The van der Waals surface area contributed by atoms with Crippen LogP contribution in [0.2, 0.25) is 0 Å². The van der Waals surface area contributed by atoms with Gasteiger partial charge in [-0.25, -0.2) is 4.39 Å². The molecule has 0 radical (unpaired) electrons. The van der Waals surface area contributed by atoms with Crippen molar-refractivity contribution in [2.45, 2.75) is 51.1 Å². The number of amides is 1. The fourth-order valence-corrected chi connectivity index (χ4v) is 2.69. The minimum absolute atomic E-state index is 0.00808. The molecule has 110 valence electrons. The van der Waals surface area contributed by atoms with Gasteiger partial charge < -0.3 is 11.1 Å². The van der Waals surface area contributed by atoms with Crippen molar-refractivity contribution in [1.29, 1.82) is 0 Å². The molecular weight excluding hydrogens is 255 g/mol. The third-order valence-electron chi connectivity index (χ3n) is 4.05. The SMILES string of the molecule is CC(Cc1ccccc1F)C(=O)NC1CCC(N)CC1. The lowest BCUT2D eigenvalue weighted by atomic mass is 9.91. The van der Waals surface area contributed by atoms with Crippen molar-refractivity contribution < 1.29 is 9.18 Å². The fraction of sp³-hybridized carbons (Fsp3) is 0.562. The second-order valence-electron chi connectivity index (χ2n) is 5.82. The van der Waals surface area contributed by atoms with Gasteiger partial charge in [-0.15, -0.1) is 0 Å². The van der Waals surface area contributed by atoms with Crippen LogP contribution in [-0.4, -0.2) is 18.0 Å². The normalized spacial score (nSPS) is 24.1. The molecule has 1 aliphatic rings. The Kier molecular flexibility index (Phi) is 5.12. The number of hydrogen-bond acceptors (Lipinski definition) is 2. The molecule has 1 amide bonds. The first kappa shape index (κ1) is 15.0. The number of nitrogens with one attached hydrogen (secondary N) is 1. The topological polar surface area (TPSA) is 55.1 Å². The summed E-state index contributed by atoms with van der Waals surface area (Å²) in [7, 11) is 0. The lowest BCUT2D eigenvalue weighted by Gasteiger charge is -2.27. The quantitative estimate of drug-likeness (QED) is 0.888. The van der Waals surface area contributed by atoms with E-state index < -0.39 is 0 Å². The van der Waals surface area contributed by atoms with Crippen LogP contribution in [-0.2, 0) is 11.2 Å². The van der Waals surface area contributed by atoms with Gasteiger partial charge in [0.25, 0.3) is 0 Å². The number of benzene rings is 1. The maximum Gasteiger partial charge on any atom is 0.223 e. The molecule has 1 aliphatic carbocycles. The van der Waals surface area contributed by atoms with Crippen molar-refractivity contribution in [2.75, 3.05) is 0 Å². The third-order valence-corrected chi connectivity index (χ3v) is 4.05. The summed E-state index contributed by atoms with van der Waals surface area (Å²) in [6.07, 6.45) is 4.25. The molecule has 0 heterocycles. The predicted octanol–water partition coefficient (Wildman–Crippen LogP) is 2.39. The predicted molar refractivity (Wildman–Crippen MR) is 77.6 cm³/mol. The van der Waals surface area contributed by atoms with E-state index in [9.17, 15) is 9.18 Å². The molecule has 3 nitrogen and oxygen atoms in total. The van der Waals surface area contributed by atoms with Crippen molar-refractivity contribution in [2.24, 2.45) is 11.7 Å². The molecule has 1 unspecified atom stereocenters. The third kappa shape index (κ3) is 4.04. The molecule has 0 aromatic heterocycles. The molecule has 1 aromatic carbocycles. The lowest BCUT2D eigenvalue weighted by Crippen LogP contribution is -2.42. The molecule has 3 N–H and O–H groups in total. The number of carbonyl (C=O) groups excluding carboxylic acids is 1. The van der Waals surface area contributed by atoms with Gasteiger partial charge in [-0.2, -0.15) is 0 Å². The van der Waals surface area contributed by atoms with Crippen LogP contribution in [0.25, 0.3) is 0 Å². The zero-order valence-electron chi connectivity index (χ0n) is 11.9. The standard InChI is InChI=1S/C16H23FN2O/c1-11(10-12-4-2-3-5-15(12)17)16(20)19-14-8-6-13(18)7-9-14/h2-5,11,13-14H,6-10,18H2,1H3,(H,19,20). The largest absolute Gasteiger partial charge is 0.353 e. The van der Waals surface area contributed by atoms with E-state index in [4.69, 9.17) is 5.73 Å². The Morgan fingerprint density at radius 1 is 1.35 bits per heavy atom. The minimum Gasteiger partial charge on any atom is -0.353 e. The van der Waals surface area contributed by atoms with E-state index in [1.807, 2.05) is 6.92 Å². The van der Waals surface area contributed by atoms with Crippen molar-refractivity contribution in [3.63, 3.8) is 0 Å². The number of rotatable bonds is 4. The zero-order chi connectivity index (χ0) is 14.5. The molecule has 1 saturated carbocycles. The summed E-state index contributed by atoms with van der Waals surface area (Å²) in [4.78, 5) is 12.1. The van der Waals surface area contributed by atoms with Crippen LogP contribution in [0.5, 0.6) is 0 Å². The van der Waals surface area contributed by atoms with Gasteiger partial charge >= 0.3 is 0 Å². The summed E-state index contributed by atoms with van der Waals surface area (Å²) in [5.74, 6) is -0.452. The van der Waals surface area contributed by atoms with Crippen molar-refractivity contribution in [1.82, 2.24) is 5.32 Å². The number of carbonyl (C=O) groups is 1. The van der Waals surface area contributed by atoms with Gasteiger partial charge in [0.2, 0.25) is 5.91 Å². The van der Waals surface area contributed by atoms with Crippen molar-refractivity contribution in [3.05, 3.63) is 35.6 Å². The first-order valence-corrected chi connectivity index (χ1v) is 7.35. The molecule has 1 aromatic rings. The summed E-state index contributed by atoms with van der Waals surface area (Å²) >= 11 is 0. The van der Waals surface area contributed by atoms with Gasteiger partial charge in [-0.05, 0) is 43.7 Å². The summed E-state index contributed by atoms with van der Waals surface area (Å²) in [6.45, 7) is 1.84. The molecule has 0 aliphatic heterocycles. The monoisotopic (exact) mass is 278 g/mol. The summed E-state index contributed by atoms with van der Waals surface area (Å²) < 4.78 is 13.6. The molecule has 0 spiro atoms. The average molecular weight is 278 g/mol. The average Bonchev–Trinajstić information content (AvgIpc) is 2.44. The van der Waals surface area contributed by atoms with Gasteiger partial charge in [0.15, 0.2) is 0 Å². The molecule has 2 rings (SSSR count). The van der Waals surface area contributed by atoms with E-state index in [2.05, 4.69) is 5.32 Å². The highest BCUT2D eigenvalue weighted by atomic mass is 19.1. The smallest absolute Gasteiger partial charge is 0.223 e. The Balaban J connectivity index is 1.84. The molecule has 1 atom stereocenters. The van der Waals surface area contributed by atoms with E-state index in [1.165, 1.54) is 6.07 Å². The van der Waals surface area contributed by atoms with Crippen molar-refractivity contribution >= 4 is 5.91 Å².